The first-order chi connectivity index (χ1) is 18.5. The number of halogens is 1. The average molecular weight is 618 g/mol. The molecule has 3 aromatic rings. The fourth-order valence-electron chi connectivity index (χ4n) is 4.11. The van der Waals surface area contributed by atoms with Crippen LogP contribution in [0, 0.1) is 0 Å². The molecule has 1 fully saturated rings. The van der Waals surface area contributed by atoms with Gasteiger partial charge in [-0.2, -0.15) is 4.98 Å². The summed E-state index contributed by atoms with van der Waals surface area (Å²) in [7, 11) is 0. The molecule has 4 rings (SSSR count). The molecule has 0 bridgehead atoms. The van der Waals surface area contributed by atoms with Gasteiger partial charge in [0.15, 0.2) is 5.82 Å². The molecule has 1 aromatic carbocycles. The quantitative estimate of drug-likeness (QED) is 0.307. The SMILES string of the molecule is CC(=O)NC1CCN(c2ccc(Nc3ncc(Br)c(Nc4cccn(C(C)C)c4=O)n3)cc2)CC1.CC(=O)[O-].[NH4+]. The van der Waals surface area contributed by atoms with E-state index in [1.54, 1.807) is 30.0 Å². The molecule has 0 spiro atoms. The molecule has 216 valence electrons. The summed E-state index contributed by atoms with van der Waals surface area (Å²) in [5, 5.41) is 18.2. The van der Waals surface area contributed by atoms with Crippen molar-refractivity contribution >= 4 is 56.6 Å². The van der Waals surface area contributed by atoms with E-state index in [2.05, 4.69) is 58.9 Å². The van der Waals surface area contributed by atoms with Crippen LogP contribution in [0.15, 0.2) is 58.1 Å². The maximum Gasteiger partial charge on any atom is 0.274 e. The molecule has 12 nitrogen and oxygen atoms in total. The molecule has 7 N–H and O–H groups in total. The molecular weight excluding hydrogens is 580 g/mol. The summed E-state index contributed by atoms with van der Waals surface area (Å²) >= 11 is 3.46. The number of aliphatic carboxylic acids is 1. The van der Waals surface area contributed by atoms with E-state index in [1.807, 2.05) is 32.0 Å². The number of amides is 1. The fraction of sp³-hybridized carbons (Fsp3) is 0.370. The van der Waals surface area contributed by atoms with E-state index >= 15 is 0 Å². The molecule has 1 aliphatic rings. The van der Waals surface area contributed by atoms with Gasteiger partial charge in [-0.05, 0) is 85.9 Å². The summed E-state index contributed by atoms with van der Waals surface area (Å²) in [6.07, 6.45) is 5.29. The molecule has 0 atom stereocenters. The smallest absolute Gasteiger partial charge is 0.274 e. The number of pyridine rings is 1. The third-order valence-corrected chi connectivity index (χ3v) is 6.50. The van der Waals surface area contributed by atoms with Crippen LogP contribution in [0.3, 0.4) is 0 Å². The highest BCUT2D eigenvalue weighted by Crippen LogP contribution is 2.26. The summed E-state index contributed by atoms with van der Waals surface area (Å²) in [5.74, 6) is -0.136. The number of rotatable bonds is 7. The molecule has 3 heterocycles. The second-order valence-electron chi connectivity index (χ2n) is 9.37. The third kappa shape index (κ3) is 9.35. The number of quaternary nitrogens is 1. The molecule has 0 saturated carbocycles. The monoisotopic (exact) mass is 616 g/mol. The van der Waals surface area contributed by atoms with E-state index < -0.39 is 5.97 Å². The van der Waals surface area contributed by atoms with Crippen LogP contribution >= 0.6 is 15.9 Å². The average Bonchev–Trinajstić information content (AvgIpc) is 2.87. The van der Waals surface area contributed by atoms with E-state index in [9.17, 15) is 9.59 Å². The number of benzene rings is 1. The van der Waals surface area contributed by atoms with Crippen molar-refractivity contribution < 1.29 is 14.7 Å². The molecule has 2 aromatic heterocycles. The Morgan fingerprint density at radius 1 is 1.07 bits per heavy atom. The number of hydrogen-bond donors (Lipinski definition) is 4. The molecule has 1 amide bonds. The second kappa shape index (κ2) is 15.0. The van der Waals surface area contributed by atoms with Crippen molar-refractivity contribution in [3.8, 4) is 0 Å². The lowest BCUT2D eigenvalue weighted by Crippen LogP contribution is -2.44. The van der Waals surface area contributed by atoms with Gasteiger partial charge < -0.3 is 41.5 Å². The summed E-state index contributed by atoms with van der Waals surface area (Å²) < 4.78 is 2.32. The predicted octanol–water partition coefficient (Wildman–Crippen LogP) is 3.71. The van der Waals surface area contributed by atoms with Gasteiger partial charge >= 0.3 is 0 Å². The van der Waals surface area contributed by atoms with Crippen molar-refractivity contribution in [1.29, 1.82) is 0 Å². The molecule has 1 aliphatic heterocycles. The highest BCUT2D eigenvalue weighted by atomic mass is 79.9. The van der Waals surface area contributed by atoms with Gasteiger partial charge in [0.25, 0.3) is 5.56 Å². The lowest BCUT2D eigenvalue weighted by atomic mass is 10.0. The Balaban J connectivity index is 0.00000105. The van der Waals surface area contributed by atoms with Crippen molar-refractivity contribution in [3.05, 3.63) is 63.6 Å². The van der Waals surface area contributed by atoms with Crippen LogP contribution in [0.2, 0.25) is 0 Å². The zero-order chi connectivity index (χ0) is 28.5. The predicted molar refractivity (Wildman–Crippen MR) is 160 cm³/mol. The minimum atomic E-state index is -1.08. The number of anilines is 5. The number of carbonyl (C=O) groups is 2. The number of aromatic nitrogens is 3. The lowest BCUT2D eigenvalue weighted by molar-refractivity contribution is -0.302. The summed E-state index contributed by atoms with van der Waals surface area (Å²) in [4.78, 5) is 44.1. The van der Waals surface area contributed by atoms with Crippen molar-refractivity contribution in [1.82, 2.24) is 26.0 Å². The Hall–Kier alpha value is -3.97. The largest absolute Gasteiger partial charge is 0.550 e. The van der Waals surface area contributed by atoms with Crippen LogP contribution in [-0.2, 0) is 9.59 Å². The van der Waals surface area contributed by atoms with Gasteiger partial charge in [0.1, 0.15) is 5.69 Å². The highest BCUT2D eigenvalue weighted by molar-refractivity contribution is 9.10. The number of piperidine rings is 1. The molecule has 40 heavy (non-hydrogen) atoms. The Labute approximate surface area is 241 Å². The van der Waals surface area contributed by atoms with Gasteiger partial charge in [-0.3, -0.25) is 9.59 Å². The van der Waals surface area contributed by atoms with E-state index in [0.717, 1.165) is 44.2 Å². The Morgan fingerprint density at radius 2 is 1.70 bits per heavy atom. The zero-order valence-corrected chi connectivity index (χ0v) is 25.0. The van der Waals surface area contributed by atoms with Gasteiger partial charge in [0.05, 0.1) is 4.47 Å². The van der Waals surface area contributed by atoms with Crippen molar-refractivity contribution in [2.45, 2.75) is 52.6 Å². The number of nitrogens with one attached hydrogen (secondary N) is 3. The minimum absolute atomic E-state index is 0. The maximum atomic E-state index is 12.7. The van der Waals surface area contributed by atoms with Crippen LogP contribution in [-0.4, -0.2) is 45.5 Å². The van der Waals surface area contributed by atoms with Gasteiger partial charge in [-0.1, -0.05) is 0 Å². The molecule has 0 unspecified atom stereocenters. The van der Waals surface area contributed by atoms with E-state index in [1.165, 1.54) is 0 Å². The third-order valence-electron chi connectivity index (χ3n) is 5.92. The standard InChI is InChI=1S/C25H30BrN7O2.C2H4O2.H3N/c1-16(2)33-12-4-5-22(24(33)35)30-23-21(26)15-27-25(31-23)29-18-6-8-20(9-7-18)32-13-10-19(11-14-32)28-17(3)34;1-2(3)4;/h4-9,12,15-16,19H,10-11,13-14H2,1-3H3,(H,28,34)(H2,27,29,30,31);1H3,(H,3,4);1H3. The van der Waals surface area contributed by atoms with Gasteiger partial charge in [0.2, 0.25) is 11.9 Å². The first-order valence-electron chi connectivity index (χ1n) is 12.6. The molecule has 13 heteroatoms. The Morgan fingerprint density at radius 3 is 2.27 bits per heavy atom. The summed E-state index contributed by atoms with van der Waals surface area (Å²) in [6, 6.07) is 12.0. The van der Waals surface area contributed by atoms with Crippen LogP contribution in [0.4, 0.5) is 28.8 Å². The number of nitrogens with zero attached hydrogens (tertiary/aromatic N) is 4. The van der Waals surface area contributed by atoms with Crippen molar-refractivity contribution in [2.75, 3.05) is 28.6 Å². The first-order valence-corrected chi connectivity index (χ1v) is 13.4. The van der Waals surface area contributed by atoms with Crippen LogP contribution in [0.5, 0.6) is 0 Å². The zero-order valence-electron chi connectivity index (χ0n) is 23.4. The maximum absolute atomic E-state index is 12.7. The number of carboxylic acids is 1. The number of carboxylic acid groups (broad SMARTS) is 1. The van der Waals surface area contributed by atoms with Crippen LogP contribution in [0.25, 0.3) is 0 Å². The van der Waals surface area contributed by atoms with E-state index in [4.69, 9.17) is 9.90 Å². The Bertz CT molecular complexity index is 1340. The van der Waals surface area contributed by atoms with Gasteiger partial charge in [0, 0.05) is 61.8 Å². The van der Waals surface area contributed by atoms with E-state index in [0.29, 0.717) is 21.9 Å². The number of carbonyl (C=O) groups excluding carboxylic acids is 2. The lowest BCUT2D eigenvalue weighted by Gasteiger charge is -2.33. The van der Waals surface area contributed by atoms with Crippen molar-refractivity contribution in [3.63, 3.8) is 0 Å². The Kier molecular flexibility index (Phi) is 12.1. The van der Waals surface area contributed by atoms with Gasteiger partial charge in [-0.25, -0.2) is 4.98 Å². The first kappa shape index (κ1) is 32.2. The summed E-state index contributed by atoms with van der Waals surface area (Å²) in [5.41, 5.74) is 2.33. The highest BCUT2D eigenvalue weighted by Gasteiger charge is 2.20. The molecule has 1 saturated heterocycles. The topological polar surface area (TPSA) is 181 Å². The minimum Gasteiger partial charge on any atom is -0.550 e. The van der Waals surface area contributed by atoms with E-state index in [-0.39, 0.29) is 29.7 Å². The summed E-state index contributed by atoms with van der Waals surface area (Å²) in [6.45, 7) is 8.28. The van der Waals surface area contributed by atoms with Crippen LogP contribution in [0.1, 0.15) is 46.6 Å². The van der Waals surface area contributed by atoms with Crippen LogP contribution < -0.4 is 37.7 Å². The second-order valence-corrected chi connectivity index (χ2v) is 10.2. The number of hydrogen-bond acceptors (Lipinski definition) is 9. The molecule has 0 radical (unpaired) electrons. The normalized spacial score (nSPS) is 13.0. The molecule has 0 aliphatic carbocycles. The van der Waals surface area contributed by atoms with Gasteiger partial charge in [-0.15, -0.1) is 0 Å². The fourth-order valence-corrected chi connectivity index (χ4v) is 4.40. The molecular formula is C27H37BrN8O4. The van der Waals surface area contributed by atoms with Crippen molar-refractivity contribution in [2.24, 2.45) is 0 Å².